The monoisotopic (exact) mass is 511 g/mol. The molecule has 188 valence electrons. The fraction of sp³-hybridized carbons (Fsp3) is 0.267. The number of nitrogens with one attached hydrogen (secondary N) is 2. The van der Waals surface area contributed by atoms with Gasteiger partial charge in [-0.15, -0.1) is 12.4 Å². The first-order valence-electron chi connectivity index (χ1n) is 12.7. The third-order valence-electron chi connectivity index (χ3n) is 8.22. The van der Waals surface area contributed by atoms with Gasteiger partial charge in [-0.3, -0.25) is 9.89 Å². The molecule has 2 fully saturated rings. The highest BCUT2D eigenvalue weighted by Crippen LogP contribution is 2.66. The number of amides is 1. The summed E-state index contributed by atoms with van der Waals surface area (Å²) in [6.07, 6.45) is 5.05. The Kier molecular flexibility index (Phi) is 5.81. The van der Waals surface area contributed by atoms with Crippen molar-refractivity contribution in [2.24, 2.45) is 0 Å². The first-order valence-corrected chi connectivity index (χ1v) is 12.7. The van der Waals surface area contributed by atoms with Crippen LogP contribution in [0.4, 0.5) is 11.4 Å². The van der Waals surface area contributed by atoms with Crippen LogP contribution >= 0.6 is 12.4 Å². The van der Waals surface area contributed by atoms with Crippen molar-refractivity contribution in [2.75, 3.05) is 43.0 Å². The molecule has 0 bridgehead atoms. The van der Waals surface area contributed by atoms with E-state index in [2.05, 4.69) is 81.1 Å². The second kappa shape index (κ2) is 9.05. The van der Waals surface area contributed by atoms with Crippen molar-refractivity contribution in [2.45, 2.75) is 17.8 Å². The quantitative estimate of drug-likeness (QED) is 0.406. The number of aromatic amines is 1. The van der Waals surface area contributed by atoms with Crippen molar-refractivity contribution in [1.82, 2.24) is 15.5 Å². The number of halogens is 1. The van der Waals surface area contributed by atoms with Gasteiger partial charge in [-0.2, -0.15) is 5.10 Å². The Balaban J connectivity index is 0.00000252. The summed E-state index contributed by atoms with van der Waals surface area (Å²) < 4.78 is 0. The van der Waals surface area contributed by atoms with Crippen LogP contribution in [0, 0.1) is 0 Å². The predicted octanol–water partition coefficient (Wildman–Crippen LogP) is 4.97. The molecule has 37 heavy (non-hydrogen) atoms. The Hall–Kier alpha value is -3.61. The van der Waals surface area contributed by atoms with E-state index in [-0.39, 0.29) is 24.2 Å². The minimum absolute atomic E-state index is 0. The molecule has 2 aliphatic heterocycles. The minimum atomic E-state index is -0.404. The van der Waals surface area contributed by atoms with Crippen molar-refractivity contribution in [3.63, 3.8) is 0 Å². The summed E-state index contributed by atoms with van der Waals surface area (Å²) in [5.74, 6) is 0.419. The average molecular weight is 512 g/mol. The number of rotatable bonds is 4. The molecule has 7 heteroatoms. The Morgan fingerprint density at radius 3 is 2.59 bits per heavy atom. The molecule has 3 aromatic carbocycles. The molecule has 1 saturated carbocycles. The Morgan fingerprint density at radius 2 is 1.78 bits per heavy atom. The Bertz CT molecular complexity index is 1500. The molecule has 0 unspecified atom stereocenters. The number of carbonyl (C=O) groups excluding carboxylic acids is 1. The number of likely N-dealkylation sites (N-methyl/N-ethyl adjacent to an activating group) is 1. The lowest BCUT2D eigenvalue weighted by Crippen LogP contribution is -2.43. The minimum Gasteiger partial charge on any atom is -0.369 e. The van der Waals surface area contributed by atoms with Gasteiger partial charge >= 0.3 is 0 Å². The van der Waals surface area contributed by atoms with Gasteiger partial charge in [0, 0.05) is 55.9 Å². The van der Waals surface area contributed by atoms with Crippen molar-refractivity contribution < 1.29 is 4.79 Å². The van der Waals surface area contributed by atoms with Crippen molar-refractivity contribution in [3.05, 3.63) is 89.1 Å². The molecule has 3 heterocycles. The average Bonchev–Trinajstić information content (AvgIpc) is 3.51. The van der Waals surface area contributed by atoms with Gasteiger partial charge in [0.1, 0.15) is 0 Å². The Labute approximate surface area is 222 Å². The van der Waals surface area contributed by atoms with Crippen LogP contribution in [0.1, 0.15) is 34.7 Å². The van der Waals surface area contributed by atoms with Crippen LogP contribution in [0.15, 0.2) is 66.7 Å². The molecule has 3 aliphatic rings. The van der Waals surface area contributed by atoms with Gasteiger partial charge in [0.2, 0.25) is 5.91 Å². The van der Waals surface area contributed by atoms with Gasteiger partial charge < -0.3 is 15.1 Å². The highest BCUT2D eigenvalue weighted by atomic mass is 35.5. The van der Waals surface area contributed by atoms with Crippen LogP contribution in [-0.2, 0) is 10.2 Å². The molecular formula is C30H30ClN5O. The summed E-state index contributed by atoms with van der Waals surface area (Å²) in [6, 6.07) is 23.4. The van der Waals surface area contributed by atoms with Gasteiger partial charge in [-0.1, -0.05) is 48.5 Å². The summed E-state index contributed by atoms with van der Waals surface area (Å²) in [4.78, 5) is 17.5. The van der Waals surface area contributed by atoms with E-state index in [1.807, 2.05) is 30.1 Å². The Morgan fingerprint density at radius 1 is 1.00 bits per heavy atom. The van der Waals surface area contributed by atoms with Gasteiger partial charge in [0.25, 0.3) is 0 Å². The molecule has 1 aliphatic carbocycles. The van der Waals surface area contributed by atoms with Gasteiger partial charge in [-0.05, 0) is 53.5 Å². The number of aromatic nitrogens is 2. The maximum Gasteiger partial charge on any atom is 0.238 e. The number of piperazine rings is 1. The van der Waals surface area contributed by atoms with Crippen molar-refractivity contribution >= 4 is 52.7 Å². The third-order valence-corrected chi connectivity index (χ3v) is 8.22. The topological polar surface area (TPSA) is 64.3 Å². The van der Waals surface area contributed by atoms with E-state index >= 15 is 0 Å². The van der Waals surface area contributed by atoms with Crippen LogP contribution < -0.4 is 15.1 Å². The number of H-pyrrole nitrogens is 1. The molecule has 1 aromatic heterocycles. The number of para-hydroxylation sites is 1. The zero-order valence-electron chi connectivity index (χ0n) is 20.8. The number of benzene rings is 3. The first-order chi connectivity index (χ1) is 17.6. The number of hydrogen-bond acceptors (Lipinski definition) is 4. The molecule has 2 N–H and O–H groups in total. The highest BCUT2D eigenvalue weighted by molar-refractivity contribution is 6.11. The van der Waals surface area contributed by atoms with Gasteiger partial charge in [0.15, 0.2) is 0 Å². The molecule has 2 atom stereocenters. The van der Waals surface area contributed by atoms with Gasteiger partial charge in [0.05, 0.1) is 16.6 Å². The number of carbonyl (C=O) groups is 1. The van der Waals surface area contributed by atoms with E-state index < -0.39 is 5.41 Å². The standard InChI is InChI=1S/C30H29N5O.ClH/c1-34-28-5-3-2-4-24(28)30(29(34)36)19-25(30)21-9-12-23-26(32-33-27(23)18-21)13-8-20-6-10-22(11-7-20)35-16-14-31-15-17-35;/h2-13,18,25,31H,14-17,19H2,1H3,(H,32,33);1H/b13-8+;/t25-,30-;/m0./s1. The first kappa shape index (κ1) is 23.8. The van der Waals surface area contributed by atoms with E-state index in [9.17, 15) is 4.79 Å². The van der Waals surface area contributed by atoms with Crippen LogP contribution in [0.3, 0.4) is 0 Å². The number of hydrogen-bond donors (Lipinski definition) is 2. The van der Waals surface area contributed by atoms with E-state index in [1.165, 1.54) is 16.8 Å². The third kappa shape index (κ3) is 3.74. The summed E-state index contributed by atoms with van der Waals surface area (Å²) in [7, 11) is 1.89. The SMILES string of the molecule is CN1C(=O)[C@@]2(C[C@H]2c2ccc3c(/C=C/c4ccc(N5CCNCC5)cc4)n[nH]c3c2)c2ccccc21.Cl. The molecule has 0 radical (unpaired) electrons. The molecule has 4 aromatic rings. The lowest BCUT2D eigenvalue weighted by molar-refractivity contribution is -0.120. The van der Waals surface area contributed by atoms with E-state index in [1.54, 1.807) is 0 Å². The summed E-state index contributed by atoms with van der Waals surface area (Å²) in [5.41, 5.74) is 7.37. The normalized spacial score (nSPS) is 22.6. The highest BCUT2D eigenvalue weighted by Gasteiger charge is 2.66. The number of nitrogens with zero attached hydrogens (tertiary/aromatic N) is 3. The van der Waals surface area contributed by atoms with Crippen molar-refractivity contribution in [1.29, 1.82) is 0 Å². The second-order valence-corrected chi connectivity index (χ2v) is 10.2. The second-order valence-electron chi connectivity index (χ2n) is 10.2. The van der Waals surface area contributed by atoms with Gasteiger partial charge in [-0.25, -0.2) is 0 Å². The molecular weight excluding hydrogens is 482 g/mol. The largest absolute Gasteiger partial charge is 0.369 e. The molecule has 1 saturated heterocycles. The predicted molar refractivity (Wildman–Crippen MR) is 153 cm³/mol. The zero-order chi connectivity index (χ0) is 24.3. The summed E-state index contributed by atoms with van der Waals surface area (Å²) in [5, 5.41) is 12.3. The number of fused-ring (bicyclic) bond motifs is 3. The summed E-state index contributed by atoms with van der Waals surface area (Å²) in [6.45, 7) is 4.18. The van der Waals surface area contributed by atoms with E-state index in [0.29, 0.717) is 0 Å². The van der Waals surface area contributed by atoms with E-state index in [4.69, 9.17) is 0 Å². The van der Waals surface area contributed by atoms with E-state index in [0.717, 1.165) is 60.4 Å². The van der Waals surface area contributed by atoms with Crippen LogP contribution in [-0.4, -0.2) is 49.3 Å². The summed E-state index contributed by atoms with van der Waals surface area (Å²) >= 11 is 0. The zero-order valence-corrected chi connectivity index (χ0v) is 21.6. The lowest BCUT2D eigenvalue weighted by atomic mass is 9.92. The van der Waals surface area contributed by atoms with Crippen LogP contribution in [0.2, 0.25) is 0 Å². The molecule has 1 amide bonds. The maximum atomic E-state index is 13.2. The smallest absolute Gasteiger partial charge is 0.238 e. The van der Waals surface area contributed by atoms with Crippen molar-refractivity contribution in [3.8, 4) is 0 Å². The van der Waals surface area contributed by atoms with Crippen LogP contribution in [0.5, 0.6) is 0 Å². The fourth-order valence-electron chi connectivity index (χ4n) is 6.16. The molecule has 1 spiro atoms. The number of anilines is 2. The van der Waals surface area contributed by atoms with Crippen LogP contribution in [0.25, 0.3) is 23.1 Å². The maximum absolute atomic E-state index is 13.2. The fourth-order valence-corrected chi connectivity index (χ4v) is 6.16. The lowest BCUT2D eigenvalue weighted by Gasteiger charge is -2.29. The molecule has 6 nitrogen and oxygen atoms in total. The molecule has 7 rings (SSSR count).